The number of esters is 1. The third-order valence-electron chi connectivity index (χ3n) is 3.45. The van der Waals surface area contributed by atoms with E-state index >= 15 is 0 Å². The molecule has 0 aromatic carbocycles. The molecule has 0 N–H and O–H groups in total. The smallest absolute Gasteiger partial charge is 0.310 e. The molecule has 2 aromatic rings. The number of carbonyl (C=O) groups excluding carboxylic acids is 1. The lowest BCUT2D eigenvalue weighted by atomic mass is 10.1. The fourth-order valence-corrected chi connectivity index (χ4v) is 2.35. The van der Waals surface area contributed by atoms with E-state index in [9.17, 15) is 4.79 Å². The Balaban J connectivity index is 1.97. The van der Waals surface area contributed by atoms with Crippen LogP contribution in [0.2, 0.25) is 0 Å². The number of carbonyl (C=O) groups is 1. The molecule has 0 aliphatic carbocycles. The number of rotatable bonds is 6. The van der Waals surface area contributed by atoms with E-state index in [0.29, 0.717) is 17.4 Å². The van der Waals surface area contributed by atoms with Gasteiger partial charge in [0.25, 0.3) is 0 Å². The Kier molecular flexibility index (Phi) is 5.00. The van der Waals surface area contributed by atoms with Gasteiger partial charge in [-0.1, -0.05) is 19.0 Å². The third kappa shape index (κ3) is 3.96. The molecule has 0 spiro atoms. The molecule has 0 saturated heterocycles. The second-order valence-corrected chi connectivity index (χ2v) is 5.99. The molecule has 22 heavy (non-hydrogen) atoms. The fourth-order valence-electron chi connectivity index (χ4n) is 2.35. The molecular formula is C16H23N3O3. The normalized spacial score (nSPS) is 11.2. The van der Waals surface area contributed by atoms with Gasteiger partial charge in [-0.05, 0) is 26.7 Å². The van der Waals surface area contributed by atoms with Crippen LogP contribution in [0.5, 0.6) is 0 Å². The minimum Gasteiger partial charge on any atom is -0.459 e. The summed E-state index contributed by atoms with van der Waals surface area (Å²) in [6.07, 6.45) is 0.229. The maximum absolute atomic E-state index is 12.0. The van der Waals surface area contributed by atoms with Crippen LogP contribution in [0.1, 0.15) is 42.3 Å². The highest BCUT2D eigenvalue weighted by molar-refractivity contribution is 5.73. The monoisotopic (exact) mass is 305 g/mol. The van der Waals surface area contributed by atoms with Crippen LogP contribution in [0.4, 0.5) is 0 Å². The van der Waals surface area contributed by atoms with Crippen molar-refractivity contribution in [2.75, 3.05) is 0 Å². The maximum Gasteiger partial charge on any atom is 0.310 e. The van der Waals surface area contributed by atoms with Crippen molar-refractivity contribution < 1.29 is 14.1 Å². The van der Waals surface area contributed by atoms with Gasteiger partial charge in [0, 0.05) is 23.9 Å². The molecule has 0 aliphatic rings. The van der Waals surface area contributed by atoms with E-state index < -0.39 is 0 Å². The topological polar surface area (TPSA) is 70.2 Å². The van der Waals surface area contributed by atoms with Crippen molar-refractivity contribution in [3.8, 4) is 0 Å². The van der Waals surface area contributed by atoms with Gasteiger partial charge in [0.2, 0.25) is 0 Å². The molecule has 0 unspecified atom stereocenters. The molecule has 2 heterocycles. The lowest BCUT2D eigenvalue weighted by Crippen LogP contribution is -2.11. The molecule has 0 amide bonds. The van der Waals surface area contributed by atoms with Crippen LogP contribution < -0.4 is 0 Å². The van der Waals surface area contributed by atoms with E-state index in [2.05, 4.69) is 24.1 Å². The van der Waals surface area contributed by atoms with Gasteiger partial charge >= 0.3 is 5.97 Å². The van der Waals surface area contributed by atoms with Crippen molar-refractivity contribution in [1.82, 2.24) is 14.9 Å². The first-order chi connectivity index (χ1) is 10.4. The van der Waals surface area contributed by atoms with Gasteiger partial charge in [-0.2, -0.15) is 5.10 Å². The standard InChI is InChI=1S/C16H23N3O3/c1-10(2)8-19-13(5)15(12(4)17-19)7-16(20)21-9-14-6-11(3)22-18-14/h6,10H,7-9H2,1-5H3. The Hall–Kier alpha value is -2.11. The van der Waals surface area contributed by atoms with Crippen LogP contribution in [0, 0.1) is 26.7 Å². The zero-order valence-electron chi connectivity index (χ0n) is 13.8. The summed E-state index contributed by atoms with van der Waals surface area (Å²) in [7, 11) is 0. The molecule has 0 atom stereocenters. The Bertz CT molecular complexity index is 656. The number of nitrogens with zero attached hydrogens (tertiary/aromatic N) is 3. The summed E-state index contributed by atoms with van der Waals surface area (Å²) in [5.41, 5.74) is 3.48. The molecule has 6 nitrogen and oxygen atoms in total. The zero-order chi connectivity index (χ0) is 16.3. The van der Waals surface area contributed by atoms with Crippen LogP contribution in [0.15, 0.2) is 10.6 Å². The first-order valence-electron chi connectivity index (χ1n) is 7.47. The lowest BCUT2D eigenvalue weighted by molar-refractivity contribution is -0.144. The van der Waals surface area contributed by atoms with E-state index in [1.807, 2.05) is 18.5 Å². The van der Waals surface area contributed by atoms with Crippen LogP contribution in [-0.4, -0.2) is 20.9 Å². The number of aromatic nitrogens is 3. The van der Waals surface area contributed by atoms with E-state index in [1.54, 1.807) is 13.0 Å². The Morgan fingerprint density at radius 1 is 1.36 bits per heavy atom. The van der Waals surface area contributed by atoms with Gasteiger partial charge in [-0.15, -0.1) is 0 Å². The van der Waals surface area contributed by atoms with Crippen LogP contribution in [-0.2, 0) is 29.1 Å². The largest absolute Gasteiger partial charge is 0.459 e. The predicted molar refractivity (Wildman–Crippen MR) is 81.3 cm³/mol. The van der Waals surface area contributed by atoms with E-state index in [1.165, 1.54) is 0 Å². The summed E-state index contributed by atoms with van der Waals surface area (Å²) >= 11 is 0. The van der Waals surface area contributed by atoms with Gasteiger partial charge in [-0.3, -0.25) is 9.48 Å². The van der Waals surface area contributed by atoms with Crippen molar-refractivity contribution in [3.05, 3.63) is 34.5 Å². The molecular weight excluding hydrogens is 282 g/mol. The van der Waals surface area contributed by atoms with Crippen LogP contribution in [0.3, 0.4) is 0 Å². The molecule has 0 bridgehead atoms. The summed E-state index contributed by atoms with van der Waals surface area (Å²) in [6, 6.07) is 1.75. The maximum atomic E-state index is 12.0. The van der Waals surface area contributed by atoms with Crippen molar-refractivity contribution in [3.63, 3.8) is 0 Å². The summed E-state index contributed by atoms with van der Waals surface area (Å²) in [5.74, 6) is 0.928. The molecule has 0 fully saturated rings. The quantitative estimate of drug-likeness (QED) is 0.767. The molecule has 120 valence electrons. The van der Waals surface area contributed by atoms with Gasteiger partial charge in [-0.25, -0.2) is 0 Å². The highest BCUT2D eigenvalue weighted by Gasteiger charge is 2.16. The minimum absolute atomic E-state index is 0.133. The molecule has 2 rings (SSSR count). The summed E-state index contributed by atoms with van der Waals surface area (Å²) < 4.78 is 12.1. The van der Waals surface area contributed by atoms with Crippen molar-refractivity contribution in [1.29, 1.82) is 0 Å². The first-order valence-corrected chi connectivity index (χ1v) is 7.47. The van der Waals surface area contributed by atoms with Crippen LogP contribution in [0.25, 0.3) is 0 Å². The summed E-state index contributed by atoms with van der Waals surface area (Å²) in [5, 5.41) is 8.30. The van der Waals surface area contributed by atoms with E-state index in [4.69, 9.17) is 9.26 Å². The molecule has 0 radical (unpaired) electrons. The Morgan fingerprint density at radius 2 is 2.09 bits per heavy atom. The third-order valence-corrected chi connectivity index (χ3v) is 3.45. The van der Waals surface area contributed by atoms with Crippen molar-refractivity contribution in [2.45, 2.75) is 54.2 Å². The Morgan fingerprint density at radius 3 is 2.68 bits per heavy atom. The predicted octanol–water partition coefficient (Wildman–Crippen LogP) is 2.74. The summed E-state index contributed by atoms with van der Waals surface area (Å²) in [4.78, 5) is 12.0. The minimum atomic E-state index is -0.282. The van der Waals surface area contributed by atoms with Gasteiger partial charge < -0.3 is 9.26 Å². The number of aryl methyl sites for hydroxylation is 2. The van der Waals surface area contributed by atoms with Gasteiger partial charge in [0.1, 0.15) is 18.1 Å². The van der Waals surface area contributed by atoms with Gasteiger partial charge in [0.05, 0.1) is 12.1 Å². The zero-order valence-corrected chi connectivity index (χ0v) is 13.8. The second-order valence-electron chi connectivity index (χ2n) is 5.99. The first kappa shape index (κ1) is 16.3. The Labute approximate surface area is 130 Å². The summed E-state index contributed by atoms with van der Waals surface area (Å²) in [6.45, 7) is 11.0. The number of hydrogen-bond donors (Lipinski definition) is 0. The fraction of sp³-hybridized carbons (Fsp3) is 0.562. The van der Waals surface area contributed by atoms with Gasteiger partial charge in [0.15, 0.2) is 0 Å². The molecule has 2 aromatic heterocycles. The highest BCUT2D eigenvalue weighted by Crippen LogP contribution is 2.16. The SMILES string of the molecule is Cc1cc(COC(=O)Cc2c(C)nn(CC(C)C)c2C)no1. The highest BCUT2D eigenvalue weighted by atomic mass is 16.5. The molecule has 0 saturated carbocycles. The number of ether oxygens (including phenoxy) is 1. The van der Waals surface area contributed by atoms with Crippen molar-refractivity contribution >= 4 is 5.97 Å². The lowest BCUT2D eigenvalue weighted by Gasteiger charge is -2.08. The molecule has 0 aliphatic heterocycles. The second kappa shape index (κ2) is 6.77. The van der Waals surface area contributed by atoms with Crippen molar-refractivity contribution in [2.24, 2.45) is 5.92 Å². The van der Waals surface area contributed by atoms with E-state index in [-0.39, 0.29) is 19.0 Å². The van der Waals surface area contributed by atoms with E-state index in [0.717, 1.165) is 23.5 Å². The van der Waals surface area contributed by atoms with Crippen LogP contribution >= 0.6 is 0 Å². The average Bonchev–Trinajstić information content (AvgIpc) is 2.95. The average molecular weight is 305 g/mol. The number of hydrogen-bond acceptors (Lipinski definition) is 5. The molecule has 6 heteroatoms.